The van der Waals surface area contributed by atoms with Crippen LogP contribution in [0.2, 0.25) is 0 Å². The molecular weight excluding hydrogens is 262 g/mol. The van der Waals surface area contributed by atoms with Crippen molar-refractivity contribution in [2.45, 2.75) is 20.8 Å². The Morgan fingerprint density at radius 1 is 1.24 bits per heavy atom. The van der Waals surface area contributed by atoms with Crippen molar-refractivity contribution in [1.82, 2.24) is 9.80 Å². The molecule has 0 bridgehead atoms. The molecule has 1 amide bonds. The Bertz CT molecular complexity index is 493. The lowest BCUT2D eigenvalue weighted by Gasteiger charge is -2.36. The Morgan fingerprint density at radius 3 is 2.52 bits per heavy atom. The predicted octanol–water partition coefficient (Wildman–Crippen LogP) is 1.66. The first kappa shape index (κ1) is 16.0. The Labute approximate surface area is 127 Å². The van der Waals surface area contributed by atoms with E-state index in [1.165, 1.54) is 0 Å². The first-order valence-electron chi connectivity index (χ1n) is 7.80. The van der Waals surface area contributed by atoms with Gasteiger partial charge in [-0.25, -0.2) is 0 Å². The van der Waals surface area contributed by atoms with E-state index in [0.29, 0.717) is 5.92 Å². The molecule has 1 aromatic carbocycles. The van der Waals surface area contributed by atoms with E-state index in [1.54, 1.807) is 0 Å². The van der Waals surface area contributed by atoms with Gasteiger partial charge in [0, 0.05) is 38.3 Å². The van der Waals surface area contributed by atoms with Crippen molar-refractivity contribution in [1.29, 1.82) is 0 Å². The number of hydrogen-bond acceptors (Lipinski definition) is 3. The molecule has 1 heterocycles. The van der Waals surface area contributed by atoms with Crippen LogP contribution in [0.15, 0.2) is 18.2 Å². The third-order valence-electron chi connectivity index (χ3n) is 4.26. The van der Waals surface area contributed by atoms with Gasteiger partial charge < -0.3 is 10.6 Å². The van der Waals surface area contributed by atoms with E-state index in [2.05, 4.69) is 17.9 Å². The third-order valence-corrected chi connectivity index (χ3v) is 4.26. The Kier molecular flexibility index (Phi) is 5.37. The van der Waals surface area contributed by atoms with Gasteiger partial charge in [-0.15, -0.1) is 0 Å². The van der Waals surface area contributed by atoms with Crippen molar-refractivity contribution >= 4 is 5.91 Å². The normalized spacial score (nSPS) is 17.8. The summed E-state index contributed by atoms with van der Waals surface area (Å²) in [5, 5.41) is 0. The van der Waals surface area contributed by atoms with E-state index in [1.807, 2.05) is 30.9 Å². The summed E-state index contributed by atoms with van der Waals surface area (Å²) in [4.78, 5) is 17.0. The van der Waals surface area contributed by atoms with Crippen LogP contribution in [0, 0.1) is 19.8 Å². The van der Waals surface area contributed by atoms with Crippen molar-refractivity contribution in [2.75, 3.05) is 39.3 Å². The summed E-state index contributed by atoms with van der Waals surface area (Å²) in [6.45, 7) is 11.5. The molecule has 116 valence electrons. The predicted molar refractivity (Wildman–Crippen MR) is 86.5 cm³/mol. The first-order valence-corrected chi connectivity index (χ1v) is 7.80. The number of nitrogens with two attached hydrogens (primary N) is 1. The number of rotatable bonds is 4. The summed E-state index contributed by atoms with van der Waals surface area (Å²) in [7, 11) is 0. The van der Waals surface area contributed by atoms with Gasteiger partial charge in [0.25, 0.3) is 5.91 Å². The molecule has 1 aromatic rings. The highest BCUT2D eigenvalue weighted by molar-refractivity contribution is 5.95. The first-order chi connectivity index (χ1) is 10.0. The lowest BCUT2D eigenvalue weighted by molar-refractivity contribution is 0.0621. The second-order valence-corrected chi connectivity index (χ2v) is 6.25. The molecule has 1 fully saturated rings. The largest absolute Gasteiger partial charge is 0.336 e. The van der Waals surface area contributed by atoms with Crippen LogP contribution in [-0.2, 0) is 0 Å². The molecule has 0 radical (unpaired) electrons. The number of aryl methyl sites for hydroxylation is 2. The molecular formula is C17H27N3O. The molecule has 1 unspecified atom stereocenters. The molecule has 1 atom stereocenters. The van der Waals surface area contributed by atoms with Crippen LogP contribution >= 0.6 is 0 Å². The van der Waals surface area contributed by atoms with Gasteiger partial charge in [-0.3, -0.25) is 9.69 Å². The van der Waals surface area contributed by atoms with Gasteiger partial charge in [-0.2, -0.15) is 0 Å². The zero-order chi connectivity index (χ0) is 15.4. The maximum absolute atomic E-state index is 12.6. The van der Waals surface area contributed by atoms with Crippen LogP contribution in [-0.4, -0.2) is 55.0 Å². The molecule has 4 heteroatoms. The van der Waals surface area contributed by atoms with Crippen LogP contribution in [0.4, 0.5) is 0 Å². The standard InChI is InChI=1S/C17H27N3O/c1-13-4-5-15(3)16(10-13)17(21)20-8-6-19(7-9-20)12-14(2)11-18/h4-5,10,14H,6-9,11-12,18H2,1-3H3. The number of hydrogen-bond donors (Lipinski definition) is 1. The van der Waals surface area contributed by atoms with Crippen molar-refractivity contribution in [3.05, 3.63) is 34.9 Å². The fraction of sp³-hybridized carbons (Fsp3) is 0.588. The summed E-state index contributed by atoms with van der Waals surface area (Å²) in [6, 6.07) is 6.08. The number of carbonyl (C=O) groups excluding carboxylic acids is 1. The van der Waals surface area contributed by atoms with Gasteiger partial charge in [0.05, 0.1) is 0 Å². The van der Waals surface area contributed by atoms with Crippen molar-refractivity contribution in [2.24, 2.45) is 11.7 Å². The van der Waals surface area contributed by atoms with Crippen LogP contribution in [0.5, 0.6) is 0 Å². The van der Waals surface area contributed by atoms with E-state index in [9.17, 15) is 4.79 Å². The second-order valence-electron chi connectivity index (χ2n) is 6.25. The molecule has 21 heavy (non-hydrogen) atoms. The minimum Gasteiger partial charge on any atom is -0.336 e. The van der Waals surface area contributed by atoms with E-state index in [4.69, 9.17) is 5.73 Å². The summed E-state index contributed by atoms with van der Waals surface area (Å²) in [6.07, 6.45) is 0. The van der Waals surface area contributed by atoms with E-state index < -0.39 is 0 Å². The van der Waals surface area contributed by atoms with Crippen LogP contribution < -0.4 is 5.73 Å². The number of carbonyl (C=O) groups is 1. The highest BCUT2D eigenvalue weighted by Gasteiger charge is 2.23. The molecule has 0 spiro atoms. The number of benzene rings is 1. The molecule has 0 aromatic heterocycles. The van der Waals surface area contributed by atoms with Gasteiger partial charge in [0.2, 0.25) is 0 Å². The number of piperazine rings is 1. The maximum Gasteiger partial charge on any atom is 0.254 e. The Balaban J connectivity index is 1.95. The fourth-order valence-corrected chi connectivity index (χ4v) is 2.79. The smallest absolute Gasteiger partial charge is 0.254 e. The van der Waals surface area contributed by atoms with Gasteiger partial charge >= 0.3 is 0 Å². The third kappa shape index (κ3) is 4.05. The summed E-state index contributed by atoms with van der Waals surface area (Å²) < 4.78 is 0. The molecule has 1 aliphatic rings. The average molecular weight is 289 g/mol. The van der Waals surface area contributed by atoms with E-state index in [-0.39, 0.29) is 5.91 Å². The lowest BCUT2D eigenvalue weighted by Crippen LogP contribution is -2.50. The topological polar surface area (TPSA) is 49.6 Å². The number of nitrogens with zero attached hydrogens (tertiary/aromatic N) is 2. The Morgan fingerprint density at radius 2 is 1.90 bits per heavy atom. The van der Waals surface area contributed by atoms with Crippen LogP contribution in [0.1, 0.15) is 28.4 Å². The highest BCUT2D eigenvalue weighted by Crippen LogP contribution is 2.15. The van der Waals surface area contributed by atoms with E-state index in [0.717, 1.165) is 56.0 Å². The molecule has 2 rings (SSSR count). The molecule has 0 aliphatic carbocycles. The van der Waals surface area contributed by atoms with Gasteiger partial charge in [0.1, 0.15) is 0 Å². The SMILES string of the molecule is Cc1ccc(C)c(C(=O)N2CCN(CC(C)CN)CC2)c1. The number of amides is 1. The molecule has 1 saturated heterocycles. The molecule has 0 saturated carbocycles. The zero-order valence-corrected chi connectivity index (χ0v) is 13.4. The maximum atomic E-state index is 12.6. The molecule has 1 aliphatic heterocycles. The molecule has 4 nitrogen and oxygen atoms in total. The van der Waals surface area contributed by atoms with Crippen molar-refractivity contribution < 1.29 is 4.79 Å². The second kappa shape index (κ2) is 7.05. The molecule has 2 N–H and O–H groups in total. The highest BCUT2D eigenvalue weighted by atomic mass is 16.2. The fourth-order valence-electron chi connectivity index (χ4n) is 2.79. The van der Waals surface area contributed by atoms with Gasteiger partial charge in [0.15, 0.2) is 0 Å². The Hall–Kier alpha value is -1.39. The quantitative estimate of drug-likeness (QED) is 0.917. The minimum absolute atomic E-state index is 0.169. The summed E-state index contributed by atoms with van der Waals surface area (Å²) in [5.41, 5.74) is 8.72. The monoisotopic (exact) mass is 289 g/mol. The van der Waals surface area contributed by atoms with Crippen LogP contribution in [0.3, 0.4) is 0 Å². The van der Waals surface area contributed by atoms with Gasteiger partial charge in [-0.1, -0.05) is 24.6 Å². The zero-order valence-electron chi connectivity index (χ0n) is 13.4. The summed E-state index contributed by atoms with van der Waals surface area (Å²) >= 11 is 0. The van der Waals surface area contributed by atoms with Gasteiger partial charge in [-0.05, 0) is 37.9 Å². The average Bonchev–Trinajstić information content (AvgIpc) is 2.49. The summed E-state index contributed by atoms with van der Waals surface area (Å²) in [5.74, 6) is 0.689. The van der Waals surface area contributed by atoms with Crippen LogP contribution in [0.25, 0.3) is 0 Å². The van der Waals surface area contributed by atoms with Crippen molar-refractivity contribution in [3.8, 4) is 0 Å². The lowest BCUT2D eigenvalue weighted by atomic mass is 10.0. The van der Waals surface area contributed by atoms with E-state index >= 15 is 0 Å². The van der Waals surface area contributed by atoms with Crippen molar-refractivity contribution in [3.63, 3.8) is 0 Å². The minimum atomic E-state index is 0.169.